The zero-order chi connectivity index (χ0) is 23.3. The monoisotopic (exact) mass is 312 g/mol. The van der Waals surface area contributed by atoms with Gasteiger partial charge in [0.15, 0.2) is 0 Å². The lowest BCUT2D eigenvalue weighted by Crippen LogP contribution is -1.92. The molecule has 0 saturated carbocycles. The molecule has 0 aromatic heterocycles. The van der Waals surface area contributed by atoms with E-state index in [0.29, 0.717) is 6.42 Å². The van der Waals surface area contributed by atoms with Gasteiger partial charge >= 0.3 is 5.97 Å². The minimum atomic E-state index is -0.978. The summed E-state index contributed by atoms with van der Waals surface area (Å²) in [6.07, 6.45) is 2.78. The number of hydrogen-bond donors (Lipinski definition) is 1. The first-order chi connectivity index (χ1) is 14.0. The van der Waals surface area contributed by atoms with Gasteiger partial charge in [-0.05, 0) is 44.9 Å². The molecule has 0 amide bonds. The zero-order valence-electron chi connectivity index (χ0n) is 21.4. The molecule has 0 unspecified atom stereocenters. The fraction of sp³-hybridized carbons (Fsp3) is 0.550. The van der Waals surface area contributed by atoms with E-state index in [0.717, 1.165) is 19.3 Å². The number of carbonyl (C=O) groups is 1. The summed E-state index contributed by atoms with van der Waals surface area (Å²) in [6, 6.07) is -0.961. The Morgan fingerprint density at radius 3 is 1.73 bits per heavy atom. The van der Waals surface area contributed by atoms with Crippen LogP contribution < -0.4 is 0 Å². The average Bonchev–Trinajstić information content (AvgIpc) is 2.67. The first kappa shape index (κ1) is 10.3. The van der Waals surface area contributed by atoms with Gasteiger partial charge in [0.25, 0.3) is 0 Å². The Labute approximate surface area is 147 Å². The van der Waals surface area contributed by atoms with Crippen LogP contribution in [0.1, 0.15) is 82.1 Å². The van der Waals surface area contributed by atoms with Crippen molar-refractivity contribution in [3.63, 3.8) is 0 Å². The summed E-state index contributed by atoms with van der Waals surface area (Å²) in [5.74, 6) is -0.978. The molecular formula is C20H32O2. The predicted octanol–water partition coefficient (Wildman–Crippen LogP) is 6.22. The summed E-state index contributed by atoms with van der Waals surface area (Å²) >= 11 is 0. The molecule has 0 bridgehead atoms. The van der Waals surface area contributed by atoms with E-state index in [4.69, 9.17) is 16.1 Å². The second-order valence-electron chi connectivity index (χ2n) is 4.65. The third-order valence-corrected chi connectivity index (χ3v) is 2.63. The number of rotatable bonds is 14. The smallest absolute Gasteiger partial charge is 0.303 e. The van der Waals surface area contributed by atoms with Gasteiger partial charge in [-0.1, -0.05) is 68.2 Å². The van der Waals surface area contributed by atoms with E-state index in [1.165, 1.54) is 0 Å². The molecule has 22 heavy (non-hydrogen) atoms. The fourth-order valence-corrected chi connectivity index (χ4v) is 1.48. The molecule has 0 radical (unpaired) electrons. The van der Waals surface area contributed by atoms with Crippen LogP contribution in [-0.4, -0.2) is 11.1 Å². The largest absolute Gasteiger partial charge is 0.481 e. The molecule has 0 fully saturated rings. The molecule has 0 atom stereocenters. The molecule has 0 aromatic rings. The molecule has 124 valence electrons. The van der Waals surface area contributed by atoms with E-state index in [2.05, 4.69) is 0 Å². The summed E-state index contributed by atoms with van der Waals surface area (Å²) in [5.41, 5.74) is 0. The maximum Gasteiger partial charge on any atom is 0.303 e. The van der Waals surface area contributed by atoms with Gasteiger partial charge in [-0.3, -0.25) is 4.79 Å². The molecule has 0 aliphatic heterocycles. The van der Waals surface area contributed by atoms with Gasteiger partial charge in [-0.2, -0.15) is 0 Å². The van der Waals surface area contributed by atoms with E-state index >= 15 is 0 Å². The van der Waals surface area contributed by atoms with Crippen LogP contribution in [0.5, 0.6) is 0 Å². The summed E-state index contributed by atoms with van der Waals surface area (Å²) in [5, 5.41) is 8.60. The molecule has 0 aliphatic rings. The Kier molecular flexibility index (Phi) is 8.15. The highest BCUT2D eigenvalue weighted by atomic mass is 16.4. The molecule has 0 saturated heterocycles. The second-order valence-corrected chi connectivity index (χ2v) is 4.65. The molecule has 0 aliphatic carbocycles. The van der Waals surface area contributed by atoms with Gasteiger partial charge in [0.2, 0.25) is 0 Å². The van der Waals surface area contributed by atoms with E-state index in [9.17, 15) is 4.79 Å². The van der Waals surface area contributed by atoms with Gasteiger partial charge < -0.3 is 5.11 Å². The van der Waals surface area contributed by atoms with E-state index < -0.39 is 5.97 Å². The average molecular weight is 313 g/mol. The van der Waals surface area contributed by atoms with Crippen molar-refractivity contribution in [3.8, 4) is 0 Å². The molecule has 0 spiro atoms. The van der Waals surface area contributed by atoms with E-state index in [1.54, 1.807) is 0 Å². The number of carboxylic acid groups (broad SMARTS) is 1. The van der Waals surface area contributed by atoms with Crippen LogP contribution in [0.4, 0.5) is 0 Å². The Bertz CT molecular complexity index is 708. The summed E-state index contributed by atoms with van der Waals surface area (Å²) < 4.78 is 63.0. The van der Waals surface area contributed by atoms with Gasteiger partial charge in [-0.15, -0.1) is 0 Å². The van der Waals surface area contributed by atoms with Crippen LogP contribution in [0.3, 0.4) is 0 Å². The summed E-state index contributed by atoms with van der Waals surface area (Å²) in [4.78, 5) is 10.5. The molecule has 2 heteroatoms. The lowest BCUT2D eigenvalue weighted by Gasteiger charge is -1.90. The SMILES string of the molecule is [2H]C(CCCCC)=C([2H])CC([2H])=C([2H])CC([2H])=C([2H])CC([2H])=C([2H])CCCC(=O)O. The van der Waals surface area contributed by atoms with Gasteiger partial charge in [0.05, 0.1) is 11.0 Å². The van der Waals surface area contributed by atoms with Crippen molar-refractivity contribution in [1.82, 2.24) is 0 Å². The standard InChI is InChI=1S/C20H32O2/c1-2-3-4-5-6-7-8-9-10-11-12-13-14-15-16-17-18-19-20(21)22/h6-7,9-10,12-13,15-16H,2-5,8,11,14,17-19H2,1H3,(H,21,22)/i6D,7D,9D,10D,12D,13D,15D,16D. The first-order valence-electron chi connectivity index (χ1n) is 11.8. The number of unbranched alkanes of at least 4 members (excludes halogenated alkanes) is 2. The lowest BCUT2D eigenvalue weighted by atomic mass is 10.2. The van der Waals surface area contributed by atoms with Crippen molar-refractivity contribution in [3.05, 3.63) is 48.4 Å². The van der Waals surface area contributed by atoms with Gasteiger partial charge in [0, 0.05) is 6.42 Å². The van der Waals surface area contributed by atoms with Crippen LogP contribution in [0, 0.1) is 0 Å². The van der Waals surface area contributed by atoms with Crippen LogP contribution in [0.25, 0.3) is 0 Å². The second kappa shape index (κ2) is 17.5. The van der Waals surface area contributed by atoms with Crippen molar-refractivity contribution >= 4 is 5.97 Å². The highest BCUT2D eigenvalue weighted by molar-refractivity contribution is 5.66. The van der Waals surface area contributed by atoms with Crippen molar-refractivity contribution in [2.24, 2.45) is 0 Å². The molecule has 1 N–H and O–H groups in total. The summed E-state index contributed by atoms with van der Waals surface area (Å²) in [7, 11) is 0. The van der Waals surface area contributed by atoms with Crippen LogP contribution in [0.15, 0.2) is 48.4 Å². The Balaban J connectivity index is 5.00. The Morgan fingerprint density at radius 1 is 0.818 bits per heavy atom. The topological polar surface area (TPSA) is 37.3 Å². The highest BCUT2D eigenvalue weighted by Gasteiger charge is 1.92. The molecular weight excluding hydrogens is 272 g/mol. The predicted molar refractivity (Wildman–Crippen MR) is 96.0 cm³/mol. The third-order valence-electron chi connectivity index (χ3n) is 2.63. The molecule has 2 nitrogen and oxygen atoms in total. The number of allylic oxidation sites excluding steroid dienone is 8. The third kappa shape index (κ3) is 18.4. The Morgan fingerprint density at radius 2 is 1.27 bits per heavy atom. The van der Waals surface area contributed by atoms with E-state index in [-0.39, 0.29) is 86.9 Å². The van der Waals surface area contributed by atoms with Gasteiger partial charge in [0.1, 0.15) is 0 Å². The van der Waals surface area contributed by atoms with Crippen molar-refractivity contribution < 1.29 is 20.9 Å². The van der Waals surface area contributed by atoms with Crippen LogP contribution >= 0.6 is 0 Å². The van der Waals surface area contributed by atoms with Gasteiger partial charge in [-0.25, -0.2) is 0 Å². The minimum Gasteiger partial charge on any atom is -0.481 e. The van der Waals surface area contributed by atoms with Crippen LogP contribution in [-0.2, 0) is 4.79 Å². The molecule has 0 aromatic carbocycles. The number of aliphatic carboxylic acids is 1. The number of carboxylic acids is 1. The molecule has 0 heterocycles. The summed E-state index contributed by atoms with van der Waals surface area (Å²) in [6.45, 7) is 2.04. The highest BCUT2D eigenvalue weighted by Crippen LogP contribution is 2.01. The maximum absolute atomic E-state index is 10.5. The van der Waals surface area contributed by atoms with Crippen molar-refractivity contribution in [2.45, 2.75) is 71.1 Å². The molecule has 0 rings (SSSR count). The quantitative estimate of drug-likeness (QED) is 0.305. The normalized spacial score (nSPS) is 21.1. The minimum absolute atomic E-state index is 0.0148. The zero-order valence-corrected chi connectivity index (χ0v) is 13.4. The van der Waals surface area contributed by atoms with E-state index in [1.807, 2.05) is 6.92 Å². The van der Waals surface area contributed by atoms with Crippen molar-refractivity contribution in [1.29, 1.82) is 0 Å². The maximum atomic E-state index is 10.5. The fourth-order valence-electron chi connectivity index (χ4n) is 1.48. The first-order valence-corrected chi connectivity index (χ1v) is 7.82. The Hall–Kier alpha value is -1.57. The number of hydrogen-bond acceptors (Lipinski definition) is 1. The lowest BCUT2D eigenvalue weighted by molar-refractivity contribution is -0.137. The van der Waals surface area contributed by atoms with Crippen molar-refractivity contribution in [2.75, 3.05) is 0 Å². The van der Waals surface area contributed by atoms with Crippen LogP contribution in [0.2, 0.25) is 0 Å².